The molecule has 1 heterocycles. The van der Waals surface area contributed by atoms with Crippen LogP contribution in [0.3, 0.4) is 0 Å². The van der Waals surface area contributed by atoms with Gasteiger partial charge in [0.2, 0.25) is 0 Å². The van der Waals surface area contributed by atoms with Gasteiger partial charge in [-0.15, -0.1) is 0 Å². The van der Waals surface area contributed by atoms with Crippen molar-refractivity contribution < 1.29 is 20.1 Å². The highest BCUT2D eigenvalue weighted by Crippen LogP contribution is 2.39. The Balaban J connectivity index is 2.06. The molecule has 0 amide bonds. The maximum absolute atomic E-state index is 10.2. The van der Waals surface area contributed by atoms with Crippen LogP contribution in [0.4, 0.5) is 0 Å². The Hall–Kier alpha value is -1.62. The standard InChI is InChI=1S/C16H18O4/c17-9-12-7-11(18)8-15(20-12)16-13-4-2-1-3-10(13)5-6-14(16)19/h1-6,11-12,15,17-19H,7-9H2. The van der Waals surface area contributed by atoms with Crippen LogP contribution in [0.15, 0.2) is 36.4 Å². The molecule has 0 saturated carbocycles. The first-order chi connectivity index (χ1) is 9.69. The Morgan fingerprint density at radius 3 is 2.70 bits per heavy atom. The van der Waals surface area contributed by atoms with E-state index in [4.69, 9.17) is 4.74 Å². The van der Waals surface area contributed by atoms with Crippen molar-refractivity contribution in [3.63, 3.8) is 0 Å². The Labute approximate surface area is 117 Å². The molecule has 4 heteroatoms. The number of aliphatic hydroxyl groups is 2. The Morgan fingerprint density at radius 1 is 1.10 bits per heavy atom. The first kappa shape index (κ1) is 13.4. The zero-order valence-corrected chi connectivity index (χ0v) is 11.1. The number of benzene rings is 2. The van der Waals surface area contributed by atoms with Gasteiger partial charge in [-0.1, -0.05) is 30.3 Å². The van der Waals surface area contributed by atoms with E-state index in [0.717, 1.165) is 10.8 Å². The fraction of sp³-hybridized carbons (Fsp3) is 0.375. The van der Waals surface area contributed by atoms with E-state index in [9.17, 15) is 15.3 Å². The number of fused-ring (bicyclic) bond motifs is 1. The molecule has 20 heavy (non-hydrogen) atoms. The lowest BCUT2D eigenvalue weighted by Crippen LogP contribution is -2.33. The summed E-state index contributed by atoms with van der Waals surface area (Å²) in [7, 11) is 0. The minimum absolute atomic E-state index is 0.126. The second-order valence-electron chi connectivity index (χ2n) is 5.27. The van der Waals surface area contributed by atoms with E-state index in [2.05, 4.69) is 0 Å². The van der Waals surface area contributed by atoms with Crippen molar-refractivity contribution >= 4 is 10.8 Å². The van der Waals surface area contributed by atoms with E-state index in [1.165, 1.54) is 0 Å². The van der Waals surface area contributed by atoms with E-state index in [0.29, 0.717) is 18.4 Å². The number of hydrogen-bond donors (Lipinski definition) is 3. The number of aromatic hydroxyl groups is 1. The van der Waals surface area contributed by atoms with Crippen LogP contribution in [0.1, 0.15) is 24.5 Å². The lowest BCUT2D eigenvalue weighted by Gasteiger charge is -2.33. The van der Waals surface area contributed by atoms with Gasteiger partial charge >= 0.3 is 0 Å². The summed E-state index contributed by atoms with van der Waals surface area (Å²) in [6, 6.07) is 11.3. The number of hydrogen-bond acceptors (Lipinski definition) is 4. The molecular weight excluding hydrogens is 256 g/mol. The van der Waals surface area contributed by atoms with Crippen LogP contribution < -0.4 is 0 Å². The summed E-state index contributed by atoms with van der Waals surface area (Å²) in [6.45, 7) is -0.126. The highest BCUT2D eigenvalue weighted by atomic mass is 16.5. The molecule has 0 radical (unpaired) electrons. The van der Waals surface area contributed by atoms with Gasteiger partial charge in [0.25, 0.3) is 0 Å². The molecule has 0 bridgehead atoms. The fourth-order valence-electron chi connectivity index (χ4n) is 2.92. The summed E-state index contributed by atoms with van der Waals surface area (Å²) >= 11 is 0. The van der Waals surface area contributed by atoms with Gasteiger partial charge in [-0.25, -0.2) is 0 Å². The first-order valence-corrected chi connectivity index (χ1v) is 6.84. The minimum atomic E-state index is -0.524. The topological polar surface area (TPSA) is 69.9 Å². The number of phenolic OH excluding ortho intramolecular Hbond substituents is 1. The number of aliphatic hydroxyl groups excluding tert-OH is 2. The van der Waals surface area contributed by atoms with Gasteiger partial charge in [0.05, 0.1) is 24.9 Å². The summed E-state index contributed by atoms with van der Waals surface area (Å²) in [5.74, 6) is 0.166. The van der Waals surface area contributed by atoms with Gasteiger partial charge in [0.15, 0.2) is 0 Å². The molecule has 0 spiro atoms. The highest BCUT2D eigenvalue weighted by Gasteiger charge is 2.31. The summed E-state index contributed by atoms with van der Waals surface area (Å²) in [5.41, 5.74) is 0.695. The molecular formula is C16H18O4. The van der Waals surface area contributed by atoms with E-state index in [1.54, 1.807) is 6.07 Å². The van der Waals surface area contributed by atoms with Gasteiger partial charge < -0.3 is 20.1 Å². The molecule has 1 aliphatic rings. The van der Waals surface area contributed by atoms with Gasteiger partial charge in [0, 0.05) is 18.4 Å². The second-order valence-corrected chi connectivity index (χ2v) is 5.27. The largest absolute Gasteiger partial charge is 0.508 e. The Bertz CT molecular complexity index is 610. The van der Waals surface area contributed by atoms with Crippen LogP contribution >= 0.6 is 0 Å². The lowest BCUT2D eigenvalue weighted by molar-refractivity contribution is -0.113. The van der Waals surface area contributed by atoms with Crippen LogP contribution in [0, 0.1) is 0 Å². The normalized spacial score (nSPS) is 26.8. The fourth-order valence-corrected chi connectivity index (χ4v) is 2.92. The average Bonchev–Trinajstić information content (AvgIpc) is 2.46. The van der Waals surface area contributed by atoms with Crippen molar-refractivity contribution in [1.82, 2.24) is 0 Å². The monoisotopic (exact) mass is 274 g/mol. The smallest absolute Gasteiger partial charge is 0.122 e. The summed E-state index contributed by atoms with van der Waals surface area (Å²) in [4.78, 5) is 0. The lowest BCUT2D eigenvalue weighted by atomic mass is 9.92. The predicted octanol–water partition coefficient (Wildman–Crippen LogP) is 2.12. The number of ether oxygens (including phenoxy) is 1. The number of rotatable bonds is 2. The van der Waals surface area contributed by atoms with Crippen LogP contribution in [0.2, 0.25) is 0 Å². The SMILES string of the molecule is OCC1CC(O)CC(c2c(O)ccc3ccccc23)O1. The van der Waals surface area contributed by atoms with Crippen molar-refractivity contribution in [3.8, 4) is 5.75 Å². The van der Waals surface area contributed by atoms with Crippen LogP contribution in [0.5, 0.6) is 5.75 Å². The molecule has 106 valence electrons. The first-order valence-electron chi connectivity index (χ1n) is 6.84. The van der Waals surface area contributed by atoms with Crippen molar-refractivity contribution in [3.05, 3.63) is 42.0 Å². The summed E-state index contributed by atoms with van der Waals surface area (Å²) < 4.78 is 5.81. The van der Waals surface area contributed by atoms with Crippen LogP contribution in [0.25, 0.3) is 10.8 Å². The quantitative estimate of drug-likeness (QED) is 0.784. The van der Waals surface area contributed by atoms with E-state index < -0.39 is 12.2 Å². The van der Waals surface area contributed by atoms with Gasteiger partial charge in [0.1, 0.15) is 5.75 Å². The third-order valence-electron chi connectivity index (χ3n) is 3.85. The van der Waals surface area contributed by atoms with E-state index >= 15 is 0 Å². The minimum Gasteiger partial charge on any atom is -0.508 e. The molecule has 4 nitrogen and oxygen atoms in total. The van der Waals surface area contributed by atoms with Crippen molar-refractivity contribution in [2.24, 2.45) is 0 Å². The molecule has 0 aromatic heterocycles. The highest BCUT2D eigenvalue weighted by molar-refractivity contribution is 5.88. The summed E-state index contributed by atoms with van der Waals surface area (Å²) in [6.07, 6.45) is -0.454. The zero-order chi connectivity index (χ0) is 14.1. The molecule has 3 N–H and O–H groups in total. The van der Waals surface area contributed by atoms with Crippen molar-refractivity contribution in [2.45, 2.75) is 31.2 Å². The third kappa shape index (κ3) is 2.38. The molecule has 3 atom stereocenters. The van der Waals surface area contributed by atoms with Crippen molar-refractivity contribution in [2.75, 3.05) is 6.61 Å². The molecule has 1 fully saturated rings. The number of phenols is 1. The molecule has 2 aromatic rings. The summed E-state index contributed by atoms with van der Waals surface area (Å²) in [5, 5.41) is 31.3. The molecule has 0 aliphatic carbocycles. The molecule has 3 unspecified atom stereocenters. The van der Waals surface area contributed by atoms with E-state index in [1.807, 2.05) is 30.3 Å². The zero-order valence-electron chi connectivity index (χ0n) is 11.1. The average molecular weight is 274 g/mol. The molecule has 3 rings (SSSR count). The predicted molar refractivity (Wildman–Crippen MR) is 75.6 cm³/mol. The van der Waals surface area contributed by atoms with E-state index in [-0.39, 0.29) is 18.5 Å². The second kappa shape index (κ2) is 5.40. The van der Waals surface area contributed by atoms with Crippen LogP contribution in [-0.4, -0.2) is 34.1 Å². The molecule has 1 aliphatic heterocycles. The maximum atomic E-state index is 10.2. The van der Waals surface area contributed by atoms with Gasteiger partial charge in [-0.2, -0.15) is 0 Å². The molecule has 2 aromatic carbocycles. The third-order valence-corrected chi connectivity index (χ3v) is 3.85. The van der Waals surface area contributed by atoms with Crippen LogP contribution in [-0.2, 0) is 4.74 Å². The Morgan fingerprint density at radius 2 is 1.90 bits per heavy atom. The molecule has 1 saturated heterocycles. The van der Waals surface area contributed by atoms with Crippen molar-refractivity contribution in [1.29, 1.82) is 0 Å². The maximum Gasteiger partial charge on any atom is 0.122 e. The van der Waals surface area contributed by atoms with Gasteiger partial charge in [-0.05, 0) is 16.8 Å². The Kier molecular flexibility index (Phi) is 3.61. The van der Waals surface area contributed by atoms with Gasteiger partial charge in [-0.3, -0.25) is 0 Å².